The van der Waals surface area contributed by atoms with Crippen LogP contribution >= 0.6 is 23.2 Å². The molecular formula is C22H20Cl2N2O6. The molecule has 0 bridgehead atoms. The summed E-state index contributed by atoms with van der Waals surface area (Å²) >= 11 is 11.9. The summed E-state index contributed by atoms with van der Waals surface area (Å²) in [6, 6.07) is 8.64. The number of ether oxygens (including phenoxy) is 2. The third-order valence-electron chi connectivity index (χ3n) is 4.78. The average Bonchev–Trinajstić information content (AvgIpc) is 3.00. The van der Waals surface area contributed by atoms with Gasteiger partial charge in [0.2, 0.25) is 0 Å². The highest BCUT2D eigenvalue weighted by atomic mass is 35.5. The first-order valence-corrected chi connectivity index (χ1v) is 10.4. The molecule has 3 rings (SSSR count). The quantitative estimate of drug-likeness (QED) is 0.351. The van der Waals surface area contributed by atoms with Crippen molar-refractivity contribution < 1.29 is 28.7 Å². The van der Waals surface area contributed by atoms with Crippen LogP contribution in [0.3, 0.4) is 0 Å². The van der Waals surface area contributed by atoms with Crippen LogP contribution in [0.5, 0.6) is 0 Å². The third kappa shape index (κ3) is 5.09. The SMILES string of the molecule is COCCCN1C(=O)c2ccc(C(=O)OC(C)C(=O)Nc3cc(Cl)ccc3Cl)cc2C1=O. The fourth-order valence-electron chi connectivity index (χ4n) is 3.10. The van der Waals surface area contributed by atoms with Gasteiger partial charge >= 0.3 is 5.97 Å². The van der Waals surface area contributed by atoms with Crippen LogP contribution in [0, 0.1) is 0 Å². The number of rotatable bonds is 8. The Balaban J connectivity index is 1.67. The van der Waals surface area contributed by atoms with Crippen LogP contribution < -0.4 is 5.32 Å². The first-order valence-electron chi connectivity index (χ1n) is 9.69. The lowest BCUT2D eigenvalue weighted by Crippen LogP contribution is -2.31. The van der Waals surface area contributed by atoms with Gasteiger partial charge in [-0.3, -0.25) is 19.3 Å². The molecule has 0 saturated heterocycles. The Morgan fingerprint density at radius 3 is 2.50 bits per heavy atom. The van der Waals surface area contributed by atoms with Crippen LogP contribution in [0.1, 0.15) is 44.4 Å². The van der Waals surface area contributed by atoms with E-state index in [1.165, 1.54) is 44.4 Å². The van der Waals surface area contributed by atoms with Gasteiger partial charge in [0.05, 0.1) is 27.4 Å². The summed E-state index contributed by atoms with van der Waals surface area (Å²) in [7, 11) is 1.53. The number of amides is 3. The molecule has 1 aliphatic heterocycles. The van der Waals surface area contributed by atoms with Crippen molar-refractivity contribution in [1.82, 2.24) is 4.90 Å². The first-order chi connectivity index (χ1) is 15.2. The summed E-state index contributed by atoms with van der Waals surface area (Å²) in [5.41, 5.74) is 0.654. The van der Waals surface area contributed by atoms with Crippen molar-refractivity contribution in [2.75, 3.05) is 25.6 Å². The zero-order chi connectivity index (χ0) is 23.4. The number of carbonyl (C=O) groups excluding carboxylic acids is 4. The summed E-state index contributed by atoms with van der Waals surface area (Å²) < 4.78 is 10.2. The number of anilines is 1. The Labute approximate surface area is 194 Å². The number of nitrogens with one attached hydrogen (secondary N) is 1. The molecule has 1 unspecified atom stereocenters. The Morgan fingerprint density at radius 1 is 1.06 bits per heavy atom. The molecule has 1 heterocycles. The van der Waals surface area contributed by atoms with Gasteiger partial charge in [-0.05, 0) is 49.7 Å². The smallest absolute Gasteiger partial charge is 0.338 e. The fraction of sp³-hybridized carbons (Fsp3) is 0.273. The van der Waals surface area contributed by atoms with Crippen LogP contribution in [-0.2, 0) is 14.3 Å². The van der Waals surface area contributed by atoms with E-state index >= 15 is 0 Å². The average molecular weight is 479 g/mol. The Kier molecular flexibility index (Phi) is 7.50. The molecule has 8 nitrogen and oxygen atoms in total. The van der Waals surface area contributed by atoms with E-state index in [9.17, 15) is 19.2 Å². The monoisotopic (exact) mass is 478 g/mol. The van der Waals surface area contributed by atoms with Crippen molar-refractivity contribution in [3.05, 3.63) is 63.1 Å². The summed E-state index contributed by atoms with van der Waals surface area (Å²) in [6.45, 7) is 2.01. The van der Waals surface area contributed by atoms with E-state index in [1.54, 1.807) is 6.07 Å². The van der Waals surface area contributed by atoms with Crippen molar-refractivity contribution in [3.8, 4) is 0 Å². The van der Waals surface area contributed by atoms with Crippen molar-refractivity contribution in [2.45, 2.75) is 19.4 Å². The lowest BCUT2D eigenvalue weighted by atomic mass is 10.1. The maximum absolute atomic E-state index is 12.6. The lowest BCUT2D eigenvalue weighted by Gasteiger charge is -2.14. The predicted molar refractivity (Wildman–Crippen MR) is 118 cm³/mol. The number of fused-ring (bicyclic) bond motifs is 1. The van der Waals surface area contributed by atoms with Gasteiger partial charge in [0, 0.05) is 25.3 Å². The number of imide groups is 1. The highest BCUT2D eigenvalue weighted by Gasteiger charge is 2.36. The van der Waals surface area contributed by atoms with Gasteiger partial charge in [0.25, 0.3) is 17.7 Å². The largest absolute Gasteiger partial charge is 0.449 e. The van der Waals surface area contributed by atoms with Crippen LogP contribution in [0.2, 0.25) is 10.0 Å². The molecule has 0 aliphatic carbocycles. The van der Waals surface area contributed by atoms with Gasteiger partial charge in [-0.15, -0.1) is 0 Å². The topological polar surface area (TPSA) is 102 Å². The second kappa shape index (κ2) is 10.1. The first kappa shape index (κ1) is 23.7. The van der Waals surface area contributed by atoms with Gasteiger partial charge in [0.15, 0.2) is 6.10 Å². The van der Waals surface area contributed by atoms with E-state index in [1.807, 2.05) is 0 Å². The van der Waals surface area contributed by atoms with E-state index in [0.29, 0.717) is 18.1 Å². The molecule has 0 saturated carbocycles. The molecule has 10 heteroatoms. The van der Waals surface area contributed by atoms with Gasteiger partial charge < -0.3 is 14.8 Å². The number of esters is 1. The molecule has 1 N–H and O–H groups in total. The van der Waals surface area contributed by atoms with Crippen LogP contribution in [0.4, 0.5) is 5.69 Å². The standard InChI is InChI=1S/C22H20Cl2N2O6/c1-12(19(27)25-18-11-14(23)5-7-17(18)24)32-22(30)13-4-6-15-16(10-13)21(29)26(20(15)28)8-3-9-31-2/h4-7,10-12H,3,8-9H2,1-2H3,(H,25,27). The van der Waals surface area contributed by atoms with Gasteiger partial charge in [-0.25, -0.2) is 4.79 Å². The van der Waals surface area contributed by atoms with Crippen molar-refractivity contribution in [3.63, 3.8) is 0 Å². The van der Waals surface area contributed by atoms with E-state index in [-0.39, 0.29) is 33.9 Å². The second-order valence-corrected chi connectivity index (χ2v) is 7.87. The van der Waals surface area contributed by atoms with E-state index < -0.39 is 29.8 Å². The Hall–Kier alpha value is -2.94. The molecular weight excluding hydrogens is 459 g/mol. The molecule has 0 spiro atoms. The van der Waals surface area contributed by atoms with Crippen LogP contribution in [-0.4, -0.2) is 55.0 Å². The zero-order valence-electron chi connectivity index (χ0n) is 17.3. The Bertz CT molecular complexity index is 1090. The molecule has 1 aliphatic rings. The van der Waals surface area contributed by atoms with E-state index in [0.717, 1.165) is 4.90 Å². The lowest BCUT2D eigenvalue weighted by molar-refractivity contribution is -0.123. The second-order valence-electron chi connectivity index (χ2n) is 7.03. The maximum atomic E-state index is 12.6. The highest BCUT2D eigenvalue weighted by molar-refractivity contribution is 6.35. The predicted octanol–water partition coefficient (Wildman–Crippen LogP) is 3.81. The number of methoxy groups -OCH3 is 1. The van der Waals surface area contributed by atoms with Crippen molar-refractivity contribution in [2.24, 2.45) is 0 Å². The summed E-state index contributed by atoms with van der Waals surface area (Å²) in [4.78, 5) is 51.1. The van der Waals surface area contributed by atoms with Crippen molar-refractivity contribution >= 4 is 52.6 Å². The minimum absolute atomic E-state index is 0.0454. The van der Waals surface area contributed by atoms with Gasteiger partial charge in [0.1, 0.15) is 0 Å². The molecule has 1 atom stereocenters. The fourth-order valence-corrected chi connectivity index (χ4v) is 3.43. The van der Waals surface area contributed by atoms with Gasteiger partial charge in [-0.1, -0.05) is 23.2 Å². The maximum Gasteiger partial charge on any atom is 0.338 e. The number of benzene rings is 2. The number of hydrogen-bond donors (Lipinski definition) is 1. The molecule has 32 heavy (non-hydrogen) atoms. The van der Waals surface area contributed by atoms with E-state index in [2.05, 4.69) is 5.32 Å². The molecule has 168 valence electrons. The normalized spacial score (nSPS) is 13.7. The highest BCUT2D eigenvalue weighted by Crippen LogP contribution is 2.26. The van der Waals surface area contributed by atoms with E-state index in [4.69, 9.17) is 32.7 Å². The third-order valence-corrected chi connectivity index (χ3v) is 5.34. The molecule has 0 fully saturated rings. The minimum atomic E-state index is -1.16. The molecule has 0 radical (unpaired) electrons. The van der Waals surface area contributed by atoms with Crippen LogP contribution in [0.15, 0.2) is 36.4 Å². The minimum Gasteiger partial charge on any atom is -0.449 e. The zero-order valence-corrected chi connectivity index (χ0v) is 18.8. The summed E-state index contributed by atoms with van der Waals surface area (Å²) in [5.74, 6) is -2.34. The molecule has 2 aromatic rings. The molecule has 2 aromatic carbocycles. The number of halogens is 2. The van der Waals surface area contributed by atoms with Crippen molar-refractivity contribution in [1.29, 1.82) is 0 Å². The molecule has 0 aromatic heterocycles. The summed E-state index contributed by atoms with van der Waals surface area (Å²) in [5, 5.41) is 3.20. The van der Waals surface area contributed by atoms with Gasteiger partial charge in [-0.2, -0.15) is 0 Å². The Morgan fingerprint density at radius 2 is 1.78 bits per heavy atom. The number of hydrogen-bond acceptors (Lipinski definition) is 6. The number of carbonyl (C=O) groups is 4. The summed E-state index contributed by atoms with van der Waals surface area (Å²) in [6.07, 6.45) is -0.658. The molecule has 3 amide bonds. The van der Waals surface area contributed by atoms with Crippen LogP contribution in [0.25, 0.3) is 0 Å². The number of nitrogens with zero attached hydrogens (tertiary/aromatic N) is 1.